The van der Waals surface area contributed by atoms with Crippen LogP contribution in [0, 0.1) is 0 Å². The number of hydrogen-bond acceptors (Lipinski definition) is 4. The standard InChI is InChI=1S/C15H12BrF3NO6P/c1-25-11-5-8(15(17,18)19)4-10(7-11)20-14(21)12-6-9(16)2-3-13(12)26-27(22,23)24/h2-7H,1H3,(H,20,21)(H2,22,23,24). The zero-order valence-corrected chi connectivity index (χ0v) is 15.9. The van der Waals surface area contributed by atoms with Crippen LogP contribution in [0.4, 0.5) is 18.9 Å². The first kappa shape index (κ1) is 21.2. The van der Waals surface area contributed by atoms with E-state index in [4.69, 9.17) is 14.5 Å². The number of alkyl halides is 3. The van der Waals surface area contributed by atoms with Gasteiger partial charge in [-0.2, -0.15) is 13.2 Å². The van der Waals surface area contributed by atoms with E-state index in [2.05, 4.69) is 25.8 Å². The number of hydrogen-bond donors (Lipinski definition) is 3. The van der Waals surface area contributed by atoms with Gasteiger partial charge in [-0.3, -0.25) is 14.6 Å². The molecule has 27 heavy (non-hydrogen) atoms. The summed E-state index contributed by atoms with van der Waals surface area (Å²) in [5, 5.41) is 2.23. The van der Waals surface area contributed by atoms with Crippen LogP contribution in [0.25, 0.3) is 0 Å². The second-order valence-electron chi connectivity index (χ2n) is 5.12. The van der Waals surface area contributed by atoms with Crippen LogP contribution in [-0.2, 0) is 10.7 Å². The minimum absolute atomic E-state index is 0.138. The molecule has 0 saturated heterocycles. The molecular weight excluding hydrogens is 458 g/mol. The first-order valence-corrected chi connectivity index (χ1v) is 9.34. The van der Waals surface area contributed by atoms with Gasteiger partial charge in [0.15, 0.2) is 0 Å². The summed E-state index contributed by atoms with van der Waals surface area (Å²) in [7, 11) is -3.79. The molecule has 0 radical (unpaired) electrons. The van der Waals surface area contributed by atoms with Crippen molar-refractivity contribution in [2.24, 2.45) is 0 Å². The number of benzene rings is 2. The number of methoxy groups -OCH3 is 1. The quantitative estimate of drug-likeness (QED) is 0.566. The van der Waals surface area contributed by atoms with Crippen molar-refractivity contribution in [2.45, 2.75) is 6.18 Å². The highest BCUT2D eigenvalue weighted by Crippen LogP contribution is 2.40. The Morgan fingerprint density at radius 3 is 2.41 bits per heavy atom. The molecule has 0 atom stereocenters. The molecule has 3 N–H and O–H groups in total. The Morgan fingerprint density at radius 2 is 1.85 bits per heavy atom. The molecule has 0 aliphatic carbocycles. The van der Waals surface area contributed by atoms with E-state index < -0.39 is 31.2 Å². The van der Waals surface area contributed by atoms with Gasteiger partial charge in [-0.15, -0.1) is 0 Å². The highest BCUT2D eigenvalue weighted by Gasteiger charge is 2.32. The van der Waals surface area contributed by atoms with E-state index in [9.17, 15) is 22.5 Å². The van der Waals surface area contributed by atoms with Crippen molar-refractivity contribution in [1.29, 1.82) is 0 Å². The zero-order chi connectivity index (χ0) is 20.4. The second-order valence-corrected chi connectivity index (χ2v) is 7.20. The van der Waals surface area contributed by atoms with Crippen LogP contribution in [0.3, 0.4) is 0 Å². The average Bonchev–Trinajstić information content (AvgIpc) is 2.54. The minimum atomic E-state index is -4.96. The highest BCUT2D eigenvalue weighted by atomic mass is 79.9. The smallest absolute Gasteiger partial charge is 0.497 e. The van der Waals surface area contributed by atoms with Crippen molar-refractivity contribution in [3.8, 4) is 11.5 Å². The maximum atomic E-state index is 13.0. The topological polar surface area (TPSA) is 105 Å². The number of rotatable bonds is 5. The third-order valence-electron chi connectivity index (χ3n) is 3.13. The second kappa shape index (κ2) is 7.89. The van der Waals surface area contributed by atoms with Crippen molar-refractivity contribution in [3.63, 3.8) is 0 Å². The molecule has 0 fully saturated rings. The Kier molecular flexibility index (Phi) is 6.21. The van der Waals surface area contributed by atoms with E-state index in [1.165, 1.54) is 19.2 Å². The molecule has 7 nitrogen and oxygen atoms in total. The molecule has 2 rings (SSSR count). The largest absolute Gasteiger partial charge is 0.524 e. The number of ether oxygens (including phenoxy) is 1. The van der Waals surface area contributed by atoms with Crippen LogP contribution in [0.5, 0.6) is 11.5 Å². The molecule has 12 heteroatoms. The average molecular weight is 470 g/mol. The number of nitrogens with one attached hydrogen (secondary N) is 1. The Labute approximate surface area is 159 Å². The van der Waals surface area contributed by atoms with Crippen LogP contribution in [-0.4, -0.2) is 22.8 Å². The summed E-state index contributed by atoms with van der Waals surface area (Å²) in [5.74, 6) is -1.52. The fraction of sp³-hybridized carbons (Fsp3) is 0.133. The monoisotopic (exact) mass is 469 g/mol. The third-order valence-corrected chi connectivity index (χ3v) is 4.06. The summed E-state index contributed by atoms with van der Waals surface area (Å²) in [5.41, 5.74) is -1.57. The van der Waals surface area contributed by atoms with Gasteiger partial charge in [0.2, 0.25) is 0 Å². The van der Waals surface area contributed by atoms with E-state index in [1.807, 2.05) is 0 Å². The maximum absolute atomic E-state index is 13.0. The fourth-order valence-electron chi connectivity index (χ4n) is 2.04. The van der Waals surface area contributed by atoms with E-state index in [0.717, 1.165) is 18.2 Å². The number of halogens is 4. The lowest BCUT2D eigenvalue weighted by Crippen LogP contribution is -2.15. The molecule has 1 amide bonds. The predicted octanol–water partition coefficient (Wildman–Crippen LogP) is 4.20. The number of carbonyl (C=O) groups excluding carboxylic acids is 1. The van der Waals surface area contributed by atoms with E-state index >= 15 is 0 Å². The molecule has 0 saturated carbocycles. The lowest BCUT2D eigenvalue weighted by atomic mass is 10.1. The molecule has 2 aromatic rings. The molecule has 0 aliphatic heterocycles. The Bertz CT molecular complexity index is 915. The van der Waals surface area contributed by atoms with Gasteiger partial charge in [-0.1, -0.05) is 15.9 Å². The van der Waals surface area contributed by atoms with Crippen molar-refractivity contribution >= 4 is 35.3 Å². The summed E-state index contributed by atoms with van der Waals surface area (Å²) >= 11 is 3.09. The van der Waals surface area contributed by atoms with Crippen LogP contribution < -0.4 is 14.6 Å². The van der Waals surface area contributed by atoms with Crippen LogP contribution in [0.2, 0.25) is 0 Å². The lowest BCUT2D eigenvalue weighted by molar-refractivity contribution is -0.137. The normalized spacial score (nSPS) is 11.8. The zero-order valence-electron chi connectivity index (χ0n) is 13.5. The van der Waals surface area contributed by atoms with Gasteiger partial charge in [0.05, 0.1) is 18.2 Å². The molecule has 0 heterocycles. The number of phosphoric ester groups is 1. The molecule has 0 aliphatic rings. The van der Waals surface area contributed by atoms with Crippen molar-refractivity contribution in [1.82, 2.24) is 0 Å². The van der Waals surface area contributed by atoms with Crippen LogP contribution in [0.15, 0.2) is 40.9 Å². The molecular formula is C15H12BrF3NO6P. The SMILES string of the molecule is COc1cc(NC(=O)c2cc(Br)ccc2OP(=O)(O)O)cc(C(F)(F)F)c1. The summed E-state index contributed by atoms with van der Waals surface area (Å²) in [6.45, 7) is 0. The Balaban J connectivity index is 2.40. The third kappa shape index (κ3) is 5.96. The van der Waals surface area contributed by atoms with E-state index in [-0.39, 0.29) is 17.0 Å². The molecule has 2 aromatic carbocycles. The minimum Gasteiger partial charge on any atom is -0.497 e. The number of phosphoric acid groups is 1. The fourth-order valence-corrected chi connectivity index (χ4v) is 2.82. The van der Waals surface area contributed by atoms with Crippen LogP contribution in [0.1, 0.15) is 15.9 Å². The summed E-state index contributed by atoms with van der Waals surface area (Å²) in [6.07, 6.45) is -4.67. The molecule has 0 unspecified atom stereocenters. The first-order valence-electron chi connectivity index (χ1n) is 7.01. The van der Waals surface area contributed by atoms with Gasteiger partial charge in [0, 0.05) is 16.2 Å². The summed E-state index contributed by atoms with van der Waals surface area (Å²) in [6, 6.07) is 6.32. The number of carbonyl (C=O) groups is 1. The molecule has 0 bridgehead atoms. The van der Waals surface area contributed by atoms with Crippen molar-refractivity contribution in [2.75, 3.05) is 12.4 Å². The van der Waals surface area contributed by atoms with E-state index in [0.29, 0.717) is 10.5 Å². The molecule has 146 valence electrons. The van der Waals surface area contributed by atoms with Crippen LogP contribution >= 0.6 is 23.8 Å². The van der Waals surface area contributed by atoms with Crippen molar-refractivity contribution < 1.29 is 41.6 Å². The van der Waals surface area contributed by atoms with Gasteiger partial charge in [-0.05, 0) is 30.3 Å². The number of anilines is 1. The molecule has 0 aromatic heterocycles. The first-order chi connectivity index (χ1) is 12.4. The number of amides is 1. The molecule has 0 spiro atoms. The van der Waals surface area contributed by atoms with E-state index in [1.54, 1.807) is 0 Å². The Morgan fingerprint density at radius 1 is 1.19 bits per heavy atom. The van der Waals surface area contributed by atoms with Gasteiger partial charge >= 0.3 is 14.0 Å². The predicted molar refractivity (Wildman–Crippen MR) is 92.8 cm³/mol. The highest BCUT2D eigenvalue weighted by molar-refractivity contribution is 9.10. The van der Waals surface area contributed by atoms with Crippen molar-refractivity contribution in [3.05, 3.63) is 52.0 Å². The maximum Gasteiger partial charge on any atom is 0.524 e. The lowest BCUT2D eigenvalue weighted by Gasteiger charge is -2.14. The van der Waals surface area contributed by atoms with Gasteiger partial charge in [0.25, 0.3) is 5.91 Å². The summed E-state index contributed by atoms with van der Waals surface area (Å²) in [4.78, 5) is 30.3. The summed E-state index contributed by atoms with van der Waals surface area (Å²) < 4.78 is 59.6. The van der Waals surface area contributed by atoms with Gasteiger partial charge in [-0.25, -0.2) is 4.57 Å². The van der Waals surface area contributed by atoms with Gasteiger partial charge < -0.3 is 14.6 Å². The van der Waals surface area contributed by atoms with Gasteiger partial charge in [0.1, 0.15) is 11.5 Å². The Hall–Kier alpha value is -2.07.